The molecule has 0 unspecified atom stereocenters. The zero-order valence-corrected chi connectivity index (χ0v) is 11.4. The molecule has 0 aliphatic carbocycles. The molecule has 0 saturated carbocycles. The molecular formula is C14H20N4. The van der Waals surface area contributed by atoms with Crippen molar-refractivity contribution in [3.05, 3.63) is 30.1 Å². The number of aromatic nitrogens is 3. The van der Waals surface area contributed by atoms with Gasteiger partial charge >= 0.3 is 0 Å². The molecule has 2 rings (SSSR count). The standard InChI is InChI=1S/C14H20N4/c1-10-16-13(18-17-10)11-7-5-6-8-12(11)15-9-14(2,3)4/h5-8,15H,9H2,1-4H3,(H,16,17,18). The van der Waals surface area contributed by atoms with Crippen LogP contribution in [-0.4, -0.2) is 21.7 Å². The Bertz CT molecular complexity index is 523. The van der Waals surface area contributed by atoms with Crippen LogP contribution < -0.4 is 5.32 Å². The van der Waals surface area contributed by atoms with Gasteiger partial charge in [0.1, 0.15) is 5.82 Å². The summed E-state index contributed by atoms with van der Waals surface area (Å²) >= 11 is 0. The monoisotopic (exact) mass is 244 g/mol. The van der Waals surface area contributed by atoms with Crippen LogP contribution in [0.1, 0.15) is 26.6 Å². The second-order valence-electron chi connectivity index (χ2n) is 5.70. The highest BCUT2D eigenvalue weighted by molar-refractivity contribution is 5.73. The van der Waals surface area contributed by atoms with Gasteiger partial charge in [0.15, 0.2) is 5.82 Å². The smallest absolute Gasteiger partial charge is 0.183 e. The van der Waals surface area contributed by atoms with Crippen molar-refractivity contribution in [3.63, 3.8) is 0 Å². The summed E-state index contributed by atoms with van der Waals surface area (Å²) < 4.78 is 0. The third kappa shape index (κ3) is 3.09. The predicted octanol–water partition coefficient (Wildman–Crippen LogP) is 3.24. The Hall–Kier alpha value is -1.84. The van der Waals surface area contributed by atoms with Gasteiger partial charge in [-0.25, -0.2) is 4.98 Å². The third-order valence-corrected chi connectivity index (χ3v) is 2.57. The molecule has 2 aromatic rings. The van der Waals surface area contributed by atoms with Crippen LogP contribution in [0.3, 0.4) is 0 Å². The van der Waals surface area contributed by atoms with Crippen LogP contribution in [0.25, 0.3) is 11.4 Å². The second kappa shape index (κ2) is 4.80. The third-order valence-electron chi connectivity index (χ3n) is 2.57. The van der Waals surface area contributed by atoms with Crippen LogP contribution in [0.2, 0.25) is 0 Å². The molecule has 0 saturated heterocycles. The van der Waals surface area contributed by atoms with Crippen LogP contribution in [-0.2, 0) is 0 Å². The molecule has 0 atom stereocenters. The fourth-order valence-electron chi connectivity index (χ4n) is 1.66. The van der Waals surface area contributed by atoms with Crippen LogP contribution in [0, 0.1) is 12.3 Å². The summed E-state index contributed by atoms with van der Waals surface area (Å²) in [5.74, 6) is 1.57. The topological polar surface area (TPSA) is 53.6 Å². The normalized spacial score (nSPS) is 11.6. The highest BCUT2D eigenvalue weighted by Crippen LogP contribution is 2.26. The van der Waals surface area contributed by atoms with E-state index in [1.807, 2.05) is 25.1 Å². The molecule has 1 heterocycles. The van der Waals surface area contributed by atoms with E-state index in [1.165, 1.54) is 0 Å². The molecular weight excluding hydrogens is 224 g/mol. The van der Waals surface area contributed by atoms with E-state index in [1.54, 1.807) is 0 Å². The van der Waals surface area contributed by atoms with Crippen LogP contribution in [0.5, 0.6) is 0 Å². The van der Waals surface area contributed by atoms with Crippen molar-refractivity contribution in [3.8, 4) is 11.4 Å². The first-order chi connectivity index (χ1) is 8.46. The maximum Gasteiger partial charge on any atom is 0.183 e. The van der Waals surface area contributed by atoms with E-state index in [9.17, 15) is 0 Å². The number of nitrogens with zero attached hydrogens (tertiary/aromatic N) is 2. The highest BCUT2D eigenvalue weighted by atomic mass is 15.2. The average molecular weight is 244 g/mol. The maximum absolute atomic E-state index is 4.38. The quantitative estimate of drug-likeness (QED) is 0.871. The Morgan fingerprint density at radius 2 is 1.94 bits per heavy atom. The Morgan fingerprint density at radius 3 is 2.56 bits per heavy atom. The van der Waals surface area contributed by atoms with E-state index >= 15 is 0 Å². The number of anilines is 1. The van der Waals surface area contributed by atoms with Crippen LogP contribution in [0.4, 0.5) is 5.69 Å². The van der Waals surface area contributed by atoms with Crippen LogP contribution in [0.15, 0.2) is 24.3 Å². The minimum absolute atomic E-state index is 0.238. The van der Waals surface area contributed by atoms with Gasteiger partial charge in [-0.15, -0.1) is 0 Å². The number of hydrogen-bond acceptors (Lipinski definition) is 3. The molecule has 0 amide bonds. The number of aryl methyl sites for hydroxylation is 1. The first-order valence-corrected chi connectivity index (χ1v) is 6.18. The first kappa shape index (κ1) is 12.6. The molecule has 96 valence electrons. The van der Waals surface area contributed by atoms with Crippen molar-refractivity contribution in [2.24, 2.45) is 5.41 Å². The lowest BCUT2D eigenvalue weighted by Gasteiger charge is -2.20. The molecule has 0 bridgehead atoms. The molecule has 18 heavy (non-hydrogen) atoms. The highest BCUT2D eigenvalue weighted by Gasteiger charge is 2.13. The Balaban J connectivity index is 2.26. The molecule has 0 fully saturated rings. The summed E-state index contributed by atoms with van der Waals surface area (Å²) in [5, 5.41) is 10.6. The summed E-state index contributed by atoms with van der Waals surface area (Å²) in [7, 11) is 0. The summed E-state index contributed by atoms with van der Waals surface area (Å²) in [6.45, 7) is 9.44. The Morgan fingerprint density at radius 1 is 1.22 bits per heavy atom. The molecule has 0 radical (unpaired) electrons. The summed E-state index contributed by atoms with van der Waals surface area (Å²) in [6.07, 6.45) is 0. The van der Waals surface area contributed by atoms with Crippen molar-refractivity contribution < 1.29 is 0 Å². The number of hydrogen-bond donors (Lipinski definition) is 2. The fourth-order valence-corrected chi connectivity index (χ4v) is 1.66. The van der Waals surface area contributed by atoms with E-state index in [2.05, 4.69) is 47.3 Å². The molecule has 0 spiro atoms. The van der Waals surface area contributed by atoms with Gasteiger partial charge in [-0.2, -0.15) is 5.10 Å². The SMILES string of the molecule is Cc1nc(-c2ccccc2NCC(C)(C)C)n[nH]1. The van der Waals surface area contributed by atoms with E-state index in [0.29, 0.717) is 0 Å². The number of nitrogens with one attached hydrogen (secondary N) is 2. The Kier molecular flexibility index (Phi) is 3.36. The van der Waals surface area contributed by atoms with Crippen molar-refractivity contribution in [1.29, 1.82) is 0 Å². The van der Waals surface area contributed by atoms with E-state index < -0.39 is 0 Å². The number of H-pyrrole nitrogens is 1. The lowest BCUT2D eigenvalue weighted by molar-refractivity contribution is 0.443. The van der Waals surface area contributed by atoms with Gasteiger partial charge in [0.25, 0.3) is 0 Å². The number of aromatic amines is 1. The largest absolute Gasteiger partial charge is 0.384 e. The van der Waals surface area contributed by atoms with Gasteiger partial charge in [-0.1, -0.05) is 32.9 Å². The summed E-state index contributed by atoms with van der Waals surface area (Å²) in [4.78, 5) is 4.38. The first-order valence-electron chi connectivity index (χ1n) is 6.18. The van der Waals surface area contributed by atoms with Gasteiger partial charge in [-0.3, -0.25) is 5.10 Å². The van der Waals surface area contributed by atoms with Crippen molar-refractivity contribution in [1.82, 2.24) is 15.2 Å². The van der Waals surface area contributed by atoms with Crippen molar-refractivity contribution in [2.45, 2.75) is 27.7 Å². The molecule has 0 aliphatic heterocycles. The average Bonchev–Trinajstić information content (AvgIpc) is 2.72. The van der Waals surface area contributed by atoms with Gasteiger partial charge in [0.05, 0.1) is 0 Å². The van der Waals surface area contributed by atoms with Crippen molar-refractivity contribution >= 4 is 5.69 Å². The van der Waals surface area contributed by atoms with E-state index in [-0.39, 0.29) is 5.41 Å². The summed E-state index contributed by atoms with van der Waals surface area (Å²) in [5.41, 5.74) is 2.35. The molecule has 1 aromatic heterocycles. The predicted molar refractivity (Wildman–Crippen MR) is 74.5 cm³/mol. The molecule has 2 N–H and O–H groups in total. The number of benzene rings is 1. The number of rotatable bonds is 3. The lowest BCUT2D eigenvalue weighted by Crippen LogP contribution is -2.19. The van der Waals surface area contributed by atoms with Crippen molar-refractivity contribution in [2.75, 3.05) is 11.9 Å². The van der Waals surface area contributed by atoms with Gasteiger partial charge < -0.3 is 5.32 Å². The van der Waals surface area contributed by atoms with E-state index in [0.717, 1.165) is 29.4 Å². The van der Waals surface area contributed by atoms with Gasteiger partial charge in [-0.05, 0) is 24.5 Å². The van der Waals surface area contributed by atoms with Gasteiger partial charge in [0, 0.05) is 17.8 Å². The lowest BCUT2D eigenvalue weighted by atomic mass is 9.96. The minimum atomic E-state index is 0.238. The van der Waals surface area contributed by atoms with Crippen LogP contribution >= 0.6 is 0 Å². The second-order valence-corrected chi connectivity index (χ2v) is 5.70. The molecule has 4 nitrogen and oxygen atoms in total. The summed E-state index contributed by atoms with van der Waals surface area (Å²) in [6, 6.07) is 8.12. The maximum atomic E-state index is 4.38. The minimum Gasteiger partial charge on any atom is -0.384 e. The molecule has 1 aromatic carbocycles. The zero-order chi connectivity index (χ0) is 13.2. The van der Waals surface area contributed by atoms with Gasteiger partial charge in [0.2, 0.25) is 0 Å². The van der Waals surface area contributed by atoms with E-state index in [4.69, 9.17) is 0 Å². The number of para-hydroxylation sites is 1. The zero-order valence-electron chi connectivity index (χ0n) is 11.4. The Labute approximate surface area is 108 Å². The molecule has 4 heteroatoms. The fraction of sp³-hybridized carbons (Fsp3) is 0.429. The molecule has 0 aliphatic rings.